The molecular formula is C36H34N2O2S2. The van der Waals surface area contributed by atoms with Crippen molar-refractivity contribution in [1.82, 2.24) is 0 Å². The molecule has 0 amide bonds. The second kappa shape index (κ2) is 11.3. The third-order valence-corrected chi connectivity index (χ3v) is 11.5. The second-order valence-corrected chi connectivity index (χ2v) is 13.9. The van der Waals surface area contributed by atoms with Crippen molar-refractivity contribution in [2.75, 3.05) is 11.5 Å². The molecule has 212 valence electrons. The number of nitrogen functional groups attached to an aromatic ring is 2. The summed E-state index contributed by atoms with van der Waals surface area (Å²) in [5, 5.41) is 0. The number of anilines is 2. The molecule has 4 nitrogen and oxygen atoms in total. The predicted octanol–water partition coefficient (Wildman–Crippen LogP) is 9.24. The zero-order valence-electron chi connectivity index (χ0n) is 23.5. The SMILES string of the molecule is Nc1cc(C2CCCC2)ccc1Sc1cccc2c1C(=O)c1c(Sc3ccc(C4CCCC4)cc3N)cccc1C2=O. The van der Waals surface area contributed by atoms with Crippen molar-refractivity contribution in [3.63, 3.8) is 0 Å². The van der Waals surface area contributed by atoms with Gasteiger partial charge in [0.1, 0.15) is 0 Å². The number of hydrogen-bond acceptors (Lipinski definition) is 6. The fraction of sp³-hybridized carbons (Fsp3) is 0.278. The number of rotatable bonds is 6. The lowest BCUT2D eigenvalue weighted by Crippen LogP contribution is -2.22. The van der Waals surface area contributed by atoms with E-state index in [0.29, 0.717) is 45.5 Å². The molecule has 0 heterocycles. The minimum absolute atomic E-state index is 0.126. The van der Waals surface area contributed by atoms with Crippen molar-refractivity contribution in [3.05, 3.63) is 106 Å². The lowest BCUT2D eigenvalue weighted by atomic mass is 9.84. The Morgan fingerprint density at radius 3 is 1.36 bits per heavy atom. The Balaban J connectivity index is 1.21. The van der Waals surface area contributed by atoms with Gasteiger partial charge in [0.15, 0.2) is 11.6 Å². The molecule has 6 heteroatoms. The monoisotopic (exact) mass is 590 g/mol. The predicted molar refractivity (Wildman–Crippen MR) is 172 cm³/mol. The molecule has 4 aromatic rings. The van der Waals surface area contributed by atoms with E-state index in [-0.39, 0.29) is 11.6 Å². The van der Waals surface area contributed by atoms with Crippen LogP contribution in [0, 0.1) is 0 Å². The fourth-order valence-corrected chi connectivity index (χ4v) is 8.93. The molecule has 2 fully saturated rings. The molecule has 0 unspecified atom stereocenters. The van der Waals surface area contributed by atoms with Crippen LogP contribution in [0.3, 0.4) is 0 Å². The van der Waals surface area contributed by atoms with Crippen LogP contribution in [0.1, 0.15) is 106 Å². The van der Waals surface area contributed by atoms with E-state index in [1.807, 2.05) is 24.3 Å². The van der Waals surface area contributed by atoms with Crippen molar-refractivity contribution in [2.45, 2.75) is 82.8 Å². The Morgan fingerprint density at radius 1 is 0.524 bits per heavy atom. The maximum atomic E-state index is 14.3. The number of carbonyl (C=O) groups is 2. The number of nitrogens with two attached hydrogens (primary N) is 2. The van der Waals surface area contributed by atoms with Crippen LogP contribution in [0.15, 0.2) is 92.4 Å². The molecule has 0 aromatic heterocycles. The van der Waals surface area contributed by atoms with E-state index < -0.39 is 0 Å². The maximum Gasteiger partial charge on any atom is 0.196 e. The highest BCUT2D eigenvalue weighted by molar-refractivity contribution is 8.00. The van der Waals surface area contributed by atoms with Crippen LogP contribution in [0.4, 0.5) is 11.4 Å². The van der Waals surface area contributed by atoms with E-state index in [1.54, 1.807) is 12.1 Å². The average molecular weight is 591 g/mol. The highest BCUT2D eigenvalue weighted by Crippen LogP contribution is 2.45. The quantitative estimate of drug-likeness (QED) is 0.192. The number of fused-ring (bicyclic) bond motifs is 2. The van der Waals surface area contributed by atoms with Crippen LogP contribution in [0.5, 0.6) is 0 Å². The van der Waals surface area contributed by atoms with Gasteiger partial charge in [0.25, 0.3) is 0 Å². The summed E-state index contributed by atoms with van der Waals surface area (Å²) in [5.41, 5.74) is 18.9. The molecule has 4 aromatic carbocycles. The normalized spacial score (nSPS) is 17.0. The fourth-order valence-electron chi connectivity index (χ4n) is 6.93. The average Bonchev–Trinajstić information content (AvgIpc) is 3.73. The summed E-state index contributed by atoms with van der Waals surface area (Å²) in [6, 6.07) is 23.7. The Kier molecular flexibility index (Phi) is 7.37. The zero-order valence-corrected chi connectivity index (χ0v) is 25.2. The molecular weight excluding hydrogens is 557 g/mol. The van der Waals surface area contributed by atoms with Gasteiger partial charge in [0.2, 0.25) is 0 Å². The Labute approximate surface area is 255 Å². The zero-order chi connectivity index (χ0) is 28.8. The molecule has 0 radical (unpaired) electrons. The number of ketones is 2. The molecule has 0 spiro atoms. The van der Waals surface area contributed by atoms with Crippen LogP contribution >= 0.6 is 23.5 Å². The van der Waals surface area contributed by atoms with Gasteiger partial charge in [-0.25, -0.2) is 0 Å². The lowest BCUT2D eigenvalue weighted by Gasteiger charge is -2.22. The molecule has 4 N–H and O–H groups in total. The van der Waals surface area contributed by atoms with E-state index in [0.717, 1.165) is 19.6 Å². The first-order chi connectivity index (χ1) is 20.5. The summed E-state index contributed by atoms with van der Waals surface area (Å²) in [6.45, 7) is 0. The molecule has 7 rings (SSSR count). The molecule has 0 aliphatic heterocycles. The first kappa shape index (κ1) is 27.4. The number of benzene rings is 4. The van der Waals surface area contributed by atoms with Crippen molar-refractivity contribution in [2.24, 2.45) is 0 Å². The molecule has 0 bridgehead atoms. The Bertz CT molecular complexity index is 1590. The molecule has 0 saturated heterocycles. The van der Waals surface area contributed by atoms with Gasteiger partial charge in [0.05, 0.1) is 0 Å². The van der Waals surface area contributed by atoms with Gasteiger partial charge in [0, 0.05) is 53.2 Å². The minimum atomic E-state index is -0.131. The highest BCUT2D eigenvalue weighted by atomic mass is 32.2. The van der Waals surface area contributed by atoms with Gasteiger partial charge in [-0.1, -0.05) is 85.6 Å². The molecule has 0 atom stereocenters. The summed E-state index contributed by atoms with van der Waals surface area (Å²) in [4.78, 5) is 31.3. The van der Waals surface area contributed by atoms with E-state index >= 15 is 0 Å². The molecule has 2 saturated carbocycles. The first-order valence-electron chi connectivity index (χ1n) is 15.0. The van der Waals surface area contributed by atoms with Crippen molar-refractivity contribution in [1.29, 1.82) is 0 Å². The van der Waals surface area contributed by atoms with Gasteiger partial charge in [-0.15, -0.1) is 0 Å². The maximum absolute atomic E-state index is 14.3. The third-order valence-electron chi connectivity index (χ3n) is 9.16. The van der Waals surface area contributed by atoms with Crippen molar-refractivity contribution < 1.29 is 9.59 Å². The molecule has 42 heavy (non-hydrogen) atoms. The second-order valence-electron chi connectivity index (χ2n) is 11.8. The first-order valence-corrected chi connectivity index (χ1v) is 16.6. The van der Waals surface area contributed by atoms with E-state index in [1.165, 1.54) is 86.0 Å². The standard InChI is InChI=1S/C36H34N2O2S2/c37-27-19-23(21-7-1-2-8-21)15-17-29(27)41-31-13-5-11-25-33(31)36(40)34-26(35(25)39)12-6-14-32(34)42-30-18-16-24(20-28(30)38)22-9-3-4-10-22/h5-6,11-22H,1-4,7-10,37-38H2. The Hall–Kier alpha value is -3.48. The smallest absolute Gasteiger partial charge is 0.196 e. The van der Waals surface area contributed by atoms with Gasteiger partial charge in [-0.2, -0.15) is 0 Å². The molecule has 3 aliphatic rings. The van der Waals surface area contributed by atoms with E-state index in [4.69, 9.17) is 11.5 Å². The lowest BCUT2D eigenvalue weighted by molar-refractivity contribution is 0.0974. The van der Waals surface area contributed by atoms with Gasteiger partial charge < -0.3 is 11.5 Å². The largest absolute Gasteiger partial charge is 0.398 e. The summed E-state index contributed by atoms with van der Waals surface area (Å²) in [5.74, 6) is 0.900. The van der Waals surface area contributed by atoms with Crippen LogP contribution in [-0.4, -0.2) is 11.6 Å². The summed E-state index contributed by atoms with van der Waals surface area (Å²) < 4.78 is 0. The molecule has 3 aliphatic carbocycles. The minimum Gasteiger partial charge on any atom is -0.398 e. The number of hydrogen-bond donors (Lipinski definition) is 2. The topological polar surface area (TPSA) is 86.2 Å². The summed E-state index contributed by atoms with van der Waals surface area (Å²) >= 11 is 2.92. The van der Waals surface area contributed by atoms with E-state index in [9.17, 15) is 9.59 Å². The van der Waals surface area contributed by atoms with Gasteiger partial charge in [-0.05, 0) is 85.0 Å². The summed E-state index contributed by atoms with van der Waals surface area (Å²) in [7, 11) is 0. The van der Waals surface area contributed by atoms with Crippen LogP contribution < -0.4 is 11.5 Å². The van der Waals surface area contributed by atoms with E-state index in [2.05, 4.69) is 36.4 Å². The van der Waals surface area contributed by atoms with Crippen molar-refractivity contribution in [3.8, 4) is 0 Å². The van der Waals surface area contributed by atoms with Crippen LogP contribution in [-0.2, 0) is 0 Å². The summed E-state index contributed by atoms with van der Waals surface area (Å²) in [6.07, 6.45) is 9.94. The van der Waals surface area contributed by atoms with Crippen molar-refractivity contribution >= 4 is 46.5 Å². The van der Waals surface area contributed by atoms with Crippen LogP contribution in [0.2, 0.25) is 0 Å². The number of carbonyl (C=O) groups excluding carboxylic acids is 2. The van der Waals surface area contributed by atoms with Gasteiger partial charge >= 0.3 is 0 Å². The van der Waals surface area contributed by atoms with Gasteiger partial charge in [-0.3, -0.25) is 9.59 Å². The third kappa shape index (κ3) is 4.95. The van der Waals surface area contributed by atoms with Crippen LogP contribution in [0.25, 0.3) is 0 Å². The highest BCUT2D eigenvalue weighted by Gasteiger charge is 2.34. The Morgan fingerprint density at radius 2 is 0.952 bits per heavy atom.